The maximum Gasteiger partial charge on any atom is 0.264 e. The molecule has 5 aromatic carbocycles. The fourth-order valence-electron chi connectivity index (χ4n) is 7.47. The van der Waals surface area contributed by atoms with E-state index in [-0.39, 0.29) is 25.0 Å². The van der Waals surface area contributed by atoms with Gasteiger partial charge in [-0.25, -0.2) is 0 Å². The van der Waals surface area contributed by atoms with Crippen LogP contribution in [0.25, 0.3) is 10.8 Å². The fourth-order valence-corrected chi connectivity index (χ4v) is 7.64. The monoisotopic (exact) mass is 709 g/mol. The molecule has 8 rings (SSSR count). The Kier molecular flexibility index (Phi) is 8.71. The van der Waals surface area contributed by atoms with Gasteiger partial charge < -0.3 is 15.1 Å². The first kappa shape index (κ1) is 33.5. The van der Waals surface area contributed by atoms with Gasteiger partial charge in [-0.3, -0.25) is 19.2 Å². The number of aliphatic hydroxyl groups excluding tert-OH is 1. The number of carbonyl (C=O) groups excluding carboxylic acids is 2. The predicted octanol–water partition coefficient (Wildman–Crippen LogP) is 7.52. The Morgan fingerprint density at radius 1 is 0.904 bits per heavy atom. The zero-order valence-electron chi connectivity index (χ0n) is 28.4. The molecule has 0 bridgehead atoms. The number of halogens is 1. The number of aromatic nitrogens is 3. The lowest BCUT2D eigenvalue weighted by atomic mass is 9.83. The lowest BCUT2D eigenvalue weighted by molar-refractivity contribution is -0.139. The zero-order chi connectivity index (χ0) is 36.0. The van der Waals surface area contributed by atoms with Gasteiger partial charge in [0.2, 0.25) is 0 Å². The van der Waals surface area contributed by atoms with Crippen molar-refractivity contribution in [3.63, 3.8) is 0 Å². The summed E-state index contributed by atoms with van der Waals surface area (Å²) in [5.41, 5.74) is 4.00. The number of hydrogen-bond donors (Lipinski definition) is 2. The lowest BCUT2D eigenvalue weighted by Gasteiger charge is -2.28. The molecule has 3 atom stereocenters. The number of aryl methyl sites for hydroxylation is 1. The van der Waals surface area contributed by atoms with Gasteiger partial charge in [-0.1, -0.05) is 103 Å². The van der Waals surface area contributed by atoms with E-state index in [4.69, 9.17) is 11.6 Å². The molecule has 1 aromatic heterocycles. The van der Waals surface area contributed by atoms with Gasteiger partial charge in [-0.05, 0) is 65.4 Å². The maximum atomic E-state index is 14.2. The molecule has 0 radical (unpaired) electrons. The Morgan fingerprint density at radius 2 is 1.67 bits per heavy atom. The molecule has 1 unspecified atom stereocenters. The molecule has 260 valence electrons. The quantitative estimate of drug-likeness (QED) is 0.135. The standard InChI is InChI=1S/C42H36ClN5O4/c1-27(9-5-6-22-46-25-36(44-45-46)34(26-49)29-10-3-2-4-11-29)42(52)35-23-31(43)18-21-37(35)47(41(42)51)24-28-16-19-32(20-17-28)48-38-15-8-13-30-12-7-14-33(39(30)38)40(48)50/h2-5,7-21,23,25,27,34,49,52H,6,22,24,26H2,1H3/b9-5+/t27-,34?,42+/m1/s1. The smallest absolute Gasteiger partial charge is 0.264 e. The van der Waals surface area contributed by atoms with Crippen molar-refractivity contribution in [2.75, 3.05) is 16.4 Å². The van der Waals surface area contributed by atoms with Crippen molar-refractivity contribution >= 4 is 51.2 Å². The summed E-state index contributed by atoms with van der Waals surface area (Å²) in [6.07, 6.45) is 6.21. The average Bonchev–Trinajstić information content (AvgIpc) is 3.81. The minimum atomic E-state index is -1.83. The number of nitrogens with zero attached hydrogens (tertiary/aromatic N) is 5. The fraction of sp³-hybridized carbons (Fsp3) is 0.190. The first-order chi connectivity index (χ1) is 25.3. The van der Waals surface area contributed by atoms with Crippen LogP contribution in [0.3, 0.4) is 0 Å². The Balaban J connectivity index is 0.971. The van der Waals surface area contributed by atoms with E-state index in [1.165, 1.54) is 0 Å². The van der Waals surface area contributed by atoms with Crippen molar-refractivity contribution in [3.8, 4) is 0 Å². The van der Waals surface area contributed by atoms with E-state index in [1.807, 2.05) is 116 Å². The highest BCUT2D eigenvalue weighted by atomic mass is 35.5. The summed E-state index contributed by atoms with van der Waals surface area (Å²) in [7, 11) is 0. The molecule has 0 saturated carbocycles. The van der Waals surface area contributed by atoms with E-state index in [2.05, 4.69) is 10.3 Å². The summed E-state index contributed by atoms with van der Waals surface area (Å²) < 4.78 is 1.73. The zero-order valence-corrected chi connectivity index (χ0v) is 29.2. The number of amides is 2. The van der Waals surface area contributed by atoms with Crippen LogP contribution in [0.2, 0.25) is 5.02 Å². The van der Waals surface area contributed by atoms with Gasteiger partial charge in [0.15, 0.2) is 5.60 Å². The van der Waals surface area contributed by atoms with Gasteiger partial charge in [0.1, 0.15) is 0 Å². The number of anilines is 3. The van der Waals surface area contributed by atoms with Gasteiger partial charge in [0.25, 0.3) is 11.8 Å². The second kappa shape index (κ2) is 13.5. The van der Waals surface area contributed by atoms with E-state index in [0.29, 0.717) is 40.5 Å². The van der Waals surface area contributed by atoms with Crippen LogP contribution in [0, 0.1) is 5.92 Å². The van der Waals surface area contributed by atoms with Crippen LogP contribution >= 0.6 is 11.6 Å². The van der Waals surface area contributed by atoms with Crippen molar-refractivity contribution in [2.24, 2.45) is 5.92 Å². The molecule has 9 nitrogen and oxygen atoms in total. The van der Waals surface area contributed by atoms with Crippen molar-refractivity contribution < 1.29 is 19.8 Å². The largest absolute Gasteiger partial charge is 0.395 e. The van der Waals surface area contributed by atoms with Crippen molar-refractivity contribution in [1.29, 1.82) is 0 Å². The summed E-state index contributed by atoms with van der Waals surface area (Å²) in [6, 6.07) is 34.2. The van der Waals surface area contributed by atoms with E-state index in [1.54, 1.807) is 32.7 Å². The van der Waals surface area contributed by atoms with Crippen molar-refractivity contribution in [3.05, 3.63) is 161 Å². The minimum absolute atomic E-state index is 0.0726. The molecule has 52 heavy (non-hydrogen) atoms. The molecular formula is C42H36ClN5O4. The van der Waals surface area contributed by atoms with Crippen LogP contribution in [0.4, 0.5) is 17.1 Å². The van der Waals surface area contributed by atoms with E-state index in [9.17, 15) is 19.8 Å². The number of fused-ring (bicyclic) bond motifs is 1. The number of hydrogen-bond acceptors (Lipinski definition) is 6. The normalized spacial score (nSPS) is 17.8. The van der Waals surface area contributed by atoms with Crippen LogP contribution < -0.4 is 9.80 Å². The van der Waals surface area contributed by atoms with Crippen LogP contribution in [-0.4, -0.2) is 43.6 Å². The highest BCUT2D eigenvalue weighted by molar-refractivity contribution is 6.31. The SMILES string of the molecule is C[C@H](/C=C/CCn1cc(C(CO)c2ccccc2)nn1)[C@@]1(O)C(=O)N(Cc2ccc(N3C(=O)c4cccc5cccc3c45)cc2)c2ccc(Cl)cc21. The molecule has 10 heteroatoms. The summed E-state index contributed by atoms with van der Waals surface area (Å²) >= 11 is 6.41. The molecule has 0 spiro atoms. The maximum absolute atomic E-state index is 14.2. The van der Waals surface area contributed by atoms with E-state index < -0.39 is 17.4 Å². The molecule has 2 aliphatic rings. The Labute approximate surface area is 306 Å². The summed E-state index contributed by atoms with van der Waals surface area (Å²) in [5.74, 6) is -1.34. The predicted molar refractivity (Wildman–Crippen MR) is 202 cm³/mol. The topological polar surface area (TPSA) is 112 Å². The van der Waals surface area contributed by atoms with Crippen molar-refractivity contribution in [1.82, 2.24) is 15.0 Å². The molecule has 2 amide bonds. The Morgan fingerprint density at radius 3 is 2.44 bits per heavy atom. The summed E-state index contributed by atoms with van der Waals surface area (Å²) in [6.45, 7) is 2.50. The first-order valence-corrected chi connectivity index (χ1v) is 17.7. The Bertz CT molecular complexity index is 2340. The third-order valence-electron chi connectivity index (χ3n) is 10.2. The summed E-state index contributed by atoms with van der Waals surface area (Å²) in [4.78, 5) is 30.9. The second-order valence-electron chi connectivity index (χ2n) is 13.4. The molecule has 0 aliphatic carbocycles. The summed E-state index contributed by atoms with van der Waals surface area (Å²) in [5, 5.41) is 33.1. The third-order valence-corrected chi connectivity index (χ3v) is 10.5. The third kappa shape index (κ3) is 5.67. The van der Waals surface area contributed by atoms with Crippen LogP contribution in [0.1, 0.15) is 52.0 Å². The number of rotatable bonds is 11. The minimum Gasteiger partial charge on any atom is -0.395 e. The van der Waals surface area contributed by atoms with Gasteiger partial charge in [0.05, 0.1) is 41.7 Å². The van der Waals surface area contributed by atoms with E-state index >= 15 is 0 Å². The molecule has 2 N–H and O–H groups in total. The molecule has 0 saturated heterocycles. The lowest BCUT2D eigenvalue weighted by Crippen LogP contribution is -2.44. The van der Waals surface area contributed by atoms with E-state index in [0.717, 1.165) is 33.3 Å². The van der Waals surface area contributed by atoms with Crippen LogP contribution in [0.15, 0.2) is 128 Å². The number of benzene rings is 5. The molecular weight excluding hydrogens is 674 g/mol. The second-order valence-corrected chi connectivity index (χ2v) is 13.8. The number of carbonyl (C=O) groups is 2. The Hall–Kier alpha value is -5.61. The highest BCUT2D eigenvalue weighted by Crippen LogP contribution is 2.47. The van der Waals surface area contributed by atoms with Gasteiger partial charge in [-0.15, -0.1) is 5.10 Å². The van der Waals surface area contributed by atoms with Gasteiger partial charge in [0, 0.05) is 40.3 Å². The van der Waals surface area contributed by atoms with Gasteiger partial charge >= 0.3 is 0 Å². The molecule has 3 heterocycles. The van der Waals surface area contributed by atoms with Gasteiger partial charge in [-0.2, -0.15) is 0 Å². The van der Waals surface area contributed by atoms with Crippen molar-refractivity contribution in [2.45, 2.75) is 38.0 Å². The van der Waals surface area contributed by atoms with Crippen LogP contribution in [-0.2, 0) is 23.5 Å². The highest BCUT2D eigenvalue weighted by Gasteiger charge is 2.52. The molecule has 0 fully saturated rings. The number of allylic oxidation sites excluding steroid dienone is 1. The molecule has 6 aromatic rings. The van der Waals surface area contributed by atoms with Crippen LogP contribution in [0.5, 0.6) is 0 Å². The number of aliphatic hydroxyl groups is 2. The first-order valence-electron chi connectivity index (χ1n) is 17.3. The average molecular weight is 710 g/mol. The molecule has 2 aliphatic heterocycles.